The van der Waals surface area contributed by atoms with Gasteiger partial charge < -0.3 is 20.3 Å². The summed E-state index contributed by atoms with van der Waals surface area (Å²) in [6.45, 7) is 7.76. The van der Waals surface area contributed by atoms with Crippen LogP contribution in [0, 0.1) is 5.92 Å². The van der Waals surface area contributed by atoms with Crippen LogP contribution in [0.25, 0.3) is 0 Å². The predicted molar refractivity (Wildman–Crippen MR) is 98.0 cm³/mol. The molecule has 2 saturated heterocycles. The lowest BCUT2D eigenvalue weighted by Gasteiger charge is -2.39. The lowest BCUT2D eigenvalue weighted by Crippen LogP contribution is -2.54. The molecule has 2 amide bonds. The molecule has 0 aromatic carbocycles. The maximum Gasteiger partial charge on any atom is 0.245 e. The Morgan fingerprint density at radius 2 is 1.96 bits per heavy atom. The molecular formula is C19H35N3O3. The Kier molecular flexibility index (Phi) is 8.16. The number of likely N-dealkylation sites (tertiary alicyclic amines) is 2. The first-order valence-electron chi connectivity index (χ1n) is 9.92. The topological polar surface area (TPSA) is 75.9 Å². The van der Waals surface area contributed by atoms with Crippen molar-refractivity contribution in [2.24, 2.45) is 11.7 Å². The van der Waals surface area contributed by atoms with Crippen molar-refractivity contribution in [3.05, 3.63) is 0 Å². The molecule has 2 aliphatic heterocycles. The van der Waals surface area contributed by atoms with Crippen molar-refractivity contribution in [3.8, 4) is 0 Å². The maximum atomic E-state index is 13.1. The summed E-state index contributed by atoms with van der Waals surface area (Å²) in [5.41, 5.74) is 5.50. The third kappa shape index (κ3) is 5.96. The average Bonchev–Trinajstić information content (AvgIpc) is 2.60. The van der Waals surface area contributed by atoms with Crippen molar-refractivity contribution < 1.29 is 14.3 Å². The average molecular weight is 354 g/mol. The Labute approximate surface area is 152 Å². The highest BCUT2D eigenvalue weighted by atomic mass is 16.5. The fraction of sp³-hybridized carbons (Fsp3) is 0.895. The first-order chi connectivity index (χ1) is 12.0. The molecule has 0 aromatic heterocycles. The molecule has 6 heteroatoms. The smallest absolute Gasteiger partial charge is 0.245 e. The van der Waals surface area contributed by atoms with Gasteiger partial charge >= 0.3 is 0 Å². The van der Waals surface area contributed by atoms with Crippen LogP contribution in [0.1, 0.15) is 58.8 Å². The summed E-state index contributed by atoms with van der Waals surface area (Å²) in [7, 11) is 0. The number of piperidine rings is 2. The maximum absolute atomic E-state index is 13.1. The number of carbonyl (C=O) groups is 2. The lowest BCUT2D eigenvalue weighted by atomic mass is 9.97. The van der Waals surface area contributed by atoms with Gasteiger partial charge in [-0.05, 0) is 51.0 Å². The Bertz CT molecular complexity index is 434. The van der Waals surface area contributed by atoms with Crippen molar-refractivity contribution in [2.75, 3.05) is 32.8 Å². The van der Waals surface area contributed by atoms with Crippen molar-refractivity contribution in [1.29, 1.82) is 0 Å². The lowest BCUT2D eigenvalue weighted by molar-refractivity contribution is -0.149. The first-order valence-corrected chi connectivity index (χ1v) is 9.92. The summed E-state index contributed by atoms with van der Waals surface area (Å²) in [6, 6.07) is -0.289. The van der Waals surface area contributed by atoms with Gasteiger partial charge in [0.15, 0.2) is 0 Å². The Morgan fingerprint density at radius 1 is 1.24 bits per heavy atom. The largest absolute Gasteiger partial charge is 0.378 e. The minimum atomic E-state index is -0.289. The van der Waals surface area contributed by atoms with Crippen LogP contribution < -0.4 is 5.73 Å². The SMILES string of the molecule is CC(C)CC(C(=O)N1CCC(OCCCN)CC1)N1CCCCC1=O. The minimum Gasteiger partial charge on any atom is -0.378 e. The van der Waals surface area contributed by atoms with Gasteiger partial charge in [0.1, 0.15) is 6.04 Å². The molecule has 1 unspecified atom stereocenters. The van der Waals surface area contributed by atoms with Gasteiger partial charge in [0.05, 0.1) is 6.10 Å². The summed E-state index contributed by atoms with van der Waals surface area (Å²) in [5, 5.41) is 0. The van der Waals surface area contributed by atoms with Crippen LogP contribution in [0.3, 0.4) is 0 Å². The van der Waals surface area contributed by atoms with Crippen molar-refractivity contribution >= 4 is 11.8 Å². The van der Waals surface area contributed by atoms with E-state index in [9.17, 15) is 9.59 Å². The van der Waals surface area contributed by atoms with Crippen molar-refractivity contribution in [1.82, 2.24) is 9.80 Å². The Hall–Kier alpha value is -1.14. The molecule has 2 rings (SSSR count). The van der Waals surface area contributed by atoms with Crippen LogP contribution >= 0.6 is 0 Å². The fourth-order valence-corrected chi connectivity index (χ4v) is 3.75. The molecule has 6 nitrogen and oxygen atoms in total. The third-order valence-corrected chi connectivity index (χ3v) is 5.17. The van der Waals surface area contributed by atoms with E-state index in [0.29, 0.717) is 25.5 Å². The summed E-state index contributed by atoms with van der Waals surface area (Å²) < 4.78 is 5.83. The number of carbonyl (C=O) groups excluding carboxylic acids is 2. The molecule has 0 aromatic rings. The second-order valence-corrected chi connectivity index (χ2v) is 7.73. The zero-order valence-corrected chi connectivity index (χ0v) is 15.9. The molecule has 0 saturated carbocycles. The second kappa shape index (κ2) is 10.1. The highest BCUT2D eigenvalue weighted by Crippen LogP contribution is 2.23. The summed E-state index contributed by atoms with van der Waals surface area (Å²) in [4.78, 5) is 29.2. The number of ether oxygens (including phenoxy) is 1. The molecule has 0 radical (unpaired) electrons. The zero-order valence-electron chi connectivity index (χ0n) is 15.9. The molecule has 0 bridgehead atoms. The third-order valence-electron chi connectivity index (χ3n) is 5.17. The van der Waals surface area contributed by atoms with Gasteiger partial charge in [-0.25, -0.2) is 0 Å². The van der Waals surface area contributed by atoms with E-state index in [2.05, 4.69) is 13.8 Å². The zero-order chi connectivity index (χ0) is 18.2. The van der Waals surface area contributed by atoms with Crippen LogP contribution in [0.15, 0.2) is 0 Å². The van der Waals surface area contributed by atoms with Crippen LogP contribution in [0.5, 0.6) is 0 Å². The molecule has 2 heterocycles. The molecular weight excluding hydrogens is 318 g/mol. The van der Waals surface area contributed by atoms with Gasteiger partial charge in [0.25, 0.3) is 0 Å². The fourth-order valence-electron chi connectivity index (χ4n) is 3.75. The van der Waals surface area contributed by atoms with Gasteiger partial charge in [-0.2, -0.15) is 0 Å². The van der Waals surface area contributed by atoms with Crippen LogP contribution in [-0.4, -0.2) is 66.5 Å². The van der Waals surface area contributed by atoms with Crippen LogP contribution in [0.2, 0.25) is 0 Å². The van der Waals surface area contributed by atoms with Gasteiger partial charge in [0.2, 0.25) is 11.8 Å². The number of nitrogens with zero attached hydrogens (tertiary/aromatic N) is 2. The number of hydrogen-bond acceptors (Lipinski definition) is 4. The van der Waals surface area contributed by atoms with E-state index in [1.807, 2.05) is 9.80 Å². The van der Waals surface area contributed by atoms with Crippen LogP contribution in [-0.2, 0) is 14.3 Å². The van der Waals surface area contributed by atoms with E-state index >= 15 is 0 Å². The number of rotatable bonds is 8. The van der Waals surface area contributed by atoms with Gasteiger partial charge in [-0.3, -0.25) is 9.59 Å². The summed E-state index contributed by atoms with van der Waals surface area (Å²) in [5.74, 6) is 0.662. The Balaban J connectivity index is 1.92. The number of hydrogen-bond donors (Lipinski definition) is 1. The van der Waals surface area contributed by atoms with Gasteiger partial charge in [-0.1, -0.05) is 13.8 Å². The second-order valence-electron chi connectivity index (χ2n) is 7.73. The molecule has 0 spiro atoms. The van der Waals surface area contributed by atoms with E-state index in [-0.39, 0.29) is 24.0 Å². The monoisotopic (exact) mass is 353 g/mol. The molecule has 144 valence electrons. The summed E-state index contributed by atoms with van der Waals surface area (Å²) in [6.07, 6.45) is 6.14. The van der Waals surface area contributed by atoms with E-state index in [0.717, 1.165) is 58.2 Å². The minimum absolute atomic E-state index is 0.129. The highest BCUT2D eigenvalue weighted by molar-refractivity contribution is 5.88. The summed E-state index contributed by atoms with van der Waals surface area (Å²) >= 11 is 0. The van der Waals surface area contributed by atoms with Gasteiger partial charge in [-0.15, -0.1) is 0 Å². The Morgan fingerprint density at radius 3 is 2.56 bits per heavy atom. The van der Waals surface area contributed by atoms with E-state index in [4.69, 9.17) is 10.5 Å². The van der Waals surface area contributed by atoms with Gasteiger partial charge in [0, 0.05) is 32.7 Å². The first kappa shape index (κ1) is 20.2. The quantitative estimate of drug-likeness (QED) is 0.675. The van der Waals surface area contributed by atoms with Crippen molar-refractivity contribution in [3.63, 3.8) is 0 Å². The number of amides is 2. The standard InChI is InChI=1S/C19H35N3O3/c1-15(2)14-17(22-10-4-3-6-18(22)23)19(24)21-11-7-16(8-12-21)25-13-5-9-20/h15-17H,3-14,20H2,1-2H3. The van der Waals surface area contributed by atoms with Crippen molar-refractivity contribution in [2.45, 2.75) is 70.9 Å². The molecule has 1 atom stereocenters. The molecule has 25 heavy (non-hydrogen) atoms. The molecule has 0 aliphatic carbocycles. The van der Waals surface area contributed by atoms with E-state index in [1.54, 1.807) is 0 Å². The normalized spacial score (nSPS) is 21.0. The van der Waals surface area contributed by atoms with E-state index in [1.165, 1.54) is 0 Å². The molecule has 2 N–H and O–H groups in total. The molecule has 2 fully saturated rings. The highest BCUT2D eigenvalue weighted by Gasteiger charge is 2.35. The van der Waals surface area contributed by atoms with E-state index < -0.39 is 0 Å². The molecule has 2 aliphatic rings. The predicted octanol–water partition coefficient (Wildman–Crippen LogP) is 1.77. The number of nitrogens with two attached hydrogens (primary N) is 1. The van der Waals surface area contributed by atoms with Crippen LogP contribution in [0.4, 0.5) is 0 Å².